The molecule has 1 aromatic rings. The number of carbonyl (C=O) groups is 1. The van der Waals surface area contributed by atoms with E-state index in [0.717, 1.165) is 19.3 Å². The molecule has 6 heteroatoms. The van der Waals surface area contributed by atoms with E-state index < -0.39 is 4.92 Å². The summed E-state index contributed by atoms with van der Waals surface area (Å²) in [5.74, 6) is 0.368. The zero-order valence-corrected chi connectivity index (χ0v) is 12.8. The summed E-state index contributed by atoms with van der Waals surface area (Å²) < 4.78 is 0. The number of likely N-dealkylation sites (tertiary alicyclic amines) is 1. The SMILES string of the molecule is CCCC1CCN(C(=O)c2cc(Cl)ccc2[N+](=O)[O-])CC1. The van der Waals surface area contributed by atoms with Gasteiger partial charge in [-0.1, -0.05) is 31.4 Å². The second-order valence-electron chi connectivity index (χ2n) is 5.44. The second kappa shape index (κ2) is 6.89. The number of hydrogen-bond acceptors (Lipinski definition) is 3. The maximum absolute atomic E-state index is 12.5. The Hall–Kier alpha value is -1.62. The number of hydrogen-bond donors (Lipinski definition) is 0. The van der Waals surface area contributed by atoms with Gasteiger partial charge in [-0.05, 0) is 30.9 Å². The van der Waals surface area contributed by atoms with Gasteiger partial charge in [-0.2, -0.15) is 0 Å². The maximum Gasteiger partial charge on any atom is 0.282 e. The second-order valence-corrected chi connectivity index (χ2v) is 5.88. The average molecular weight is 311 g/mol. The summed E-state index contributed by atoms with van der Waals surface area (Å²) in [5, 5.41) is 11.4. The first kappa shape index (κ1) is 15.8. The van der Waals surface area contributed by atoms with Gasteiger partial charge in [0, 0.05) is 24.2 Å². The van der Waals surface area contributed by atoms with E-state index >= 15 is 0 Å². The Bertz CT molecular complexity index is 540. The van der Waals surface area contributed by atoms with Crippen LogP contribution in [0, 0.1) is 16.0 Å². The third kappa shape index (κ3) is 3.73. The Balaban J connectivity index is 2.14. The molecule has 1 aromatic carbocycles. The average Bonchev–Trinajstić information content (AvgIpc) is 2.47. The van der Waals surface area contributed by atoms with E-state index in [1.165, 1.54) is 24.6 Å². The van der Waals surface area contributed by atoms with Gasteiger partial charge >= 0.3 is 0 Å². The van der Waals surface area contributed by atoms with Crippen molar-refractivity contribution in [2.75, 3.05) is 13.1 Å². The topological polar surface area (TPSA) is 63.5 Å². The third-order valence-corrected chi connectivity index (χ3v) is 4.22. The van der Waals surface area contributed by atoms with Crippen LogP contribution in [0.15, 0.2) is 18.2 Å². The number of carbonyl (C=O) groups excluding carboxylic acids is 1. The van der Waals surface area contributed by atoms with Crippen LogP contribution in [0.5, 0.6) is 0 Å². The minimum atomic E-state index is -0.534. The molecule has 0 atom stereocenters. The van der Waals surface area contributed by atoms with Crippen LogP contribution in [-0.4, -0.2) is 28.8 Å². The van der Waals surface area contributed by atoms with Gasteiger partial charge in [0.25, 0.3) is 11.6 Å². The van der Waals surface area contributed by atoms with Crippen LogP contribution in [0.25, 0.3) is 0 Å². The van der Waals surface area contributed by atoms with E-state index in [4.69, 9.17) is 11.6 Å². The van der Waals surface area contributed by atoms with Gasteiger partial charge in [0.2, 0.25) is 0 Å². The molecule has 0 unspecified atom stereocenters. The Kier molecular flexibility index (Phi) is 5.17. The van der Waals surface area contributed by atoms with Crippen molar-refractivity contribution in [3.8, 4) is 0 Å². The van der Waals surface area contributed by atoms with Gasteiger partial charge in [-0.25, -0.2) is 0 Å². The summed E-state index contributed by atoms with van der Waals surface area (Å²) in [5.41, 5.74) is -0.0958. The minimum absolute atomic E-state index is 0.0847. The molecular formula is C15H19ClN2O3. The zero-order valence-electron chi connectivity index (χ0n) is 12.0. The van der Waals surface area contributed by atoms with E-state index in [-0.39, 0.29) is 17.2 Å². The lowest BCUT2D eigenvalue weighted by Crippen LogP contribution is -2.38. The van der Waals surface area contributed by atoms with E-state index in [9.17, 15) is 14.9 Å². The van der Waals surface area contributed by atoms with Gasteiger partial charge in [0.05, 0.1) is 4.92 Å². The standard InChI is InChI=1S/C15H19ClN2O3/c1-2-3-11-6-8-17(9-7-11)15(19)13-10-12(16)4-5-14(13)18(20)21/h4-5,10-11H,2-3,6-9H2,1H3. The normalized spacial score (nSPS) is 16.0. The molecule has 0 spiro atoms. The minimum Gasteiger partial charge on any atom is -0.338 e. The van der Waals surface area contributed by atoms with Gasteiger partial charge in [0.1, 0.15) is 5.56 Å². The van der Waals surface area contributed by atoms with Gasteiger partial charge in [-0.3, -0.25) is 14.9 Å². The molecule has 0 bridgehead atoms. The van der Waals surface area contributed by atoms with Crippen molar-refractivity contribution in [1.29, 1.82) is 0 Å². The Labute approximate surface area is 129 Å². The molecule has 1 amide bonds. The Morgan fingerprint density at radius 3 is 2.67 bits per heavy atom. The van der Waals surface area contributed by atoms with E-state index in [0.29, 0.717) is 24.0 Å². The van der Waals surface area contributed by atoms with Crippen molar-refractivity contribution in [2.24, 2.45) is 5.92 Å². The zero-order chi connectivity index (χ0) is 15.4. The highest BCUT2D eigenvalue weighted by molar-refractivity contribution is 6.31. The van der Waals surface area contributed by atoms with Gasteiger partial charge in [-0.15, -0.1) is 0 Å². The molecule has 2 rings (SSSR count). The highest BCUT2D eigenvalue weighted by Gasteiger charge is 2.28. The highest BCUT2D eigenvalue weighted by Crippen LogP contribution is 2.27. The molecule has 5 nitrogen and oxygen atoms in total. The van der Waals surface area contributed by atoms with E-state index in [1.807, 2.05) is 0 Å². The molecule has 1 aliphatic heterocycles. The van der Waals surface area contributed by atoms with Crippen molar-refractivity contribution in [3.63, 3.8) is 0 Å². The number of nitrogens with zero attached hydrogens (tertiary/aromatic N) is 2. The molecule has 1 saturated heterocycles. The van der Waals surface area contributed by atoms with Crippen LogP contribution in [0.3, 0.4) is 0 Å². The molecule has 21 heavy (non-hydrogen) atoms. The number of rotatable bonds is 4. The molecule has 0 radical (unpaired) electrons. The highest BCUT2D eigenvalue weighted by atomic mass is 35.5. The fourth-order valence-corrected chi connectivity index (χ4v) is 3.01. The van der Waals surface area contributed by atoms with Crippen molar-refractivity contribution in [1.82, 2.24) is 4.90 Å². The van der Waals surface area contributed by atoms with Crippen molar-refractivity contribution >= 4 is 23.2 Å². The number of halogens is 1. The van der Waals surface area contributed by atoms with Crippen LogP contribution >= 0.6 is 11.6 Å². The van der Waals surface area contributed by atoms with Crippen LogP contribution in [0.2, 0.25) is 5.02 Å². The summed E-state index contributed by atoms with van der Waals surface area (Å²) in [7, 11) is 0. The van der Waals surface area contributed by atoms with Crippen molar-refractivity contribution in [3.05, 3.63) is 38.9 Å². The van der Waals surface area contributed by atoms with Gasteiger partial charge in [0.15, 0.2) is 0 Å². The number of nitro benzene ring substituents is 1. The number of benzene rings is 1. The monoisotopic (exact) mass is 310 g/mol. The third-order valence-electron chi connectivity index (χ3n) is 3.98. The number of piperidine rings is 1. The molecule has 114 valence electrons. The largest absolute Gasteiger partial charge is 0.338 e. The van der Waals surface area contributed by atoms with Crippen LogP contribution in [-0.2, 0) is 0 Å². The van der Waals surface area contributed by atoms with Crippen LogP contribution in [0.1, 0.15) is 43.0 Å². The molecule has 1 aliphatic rings. The Morgan fingerprint density at radius 1 is 1.43 bits per heavy atom. The van der Waals surface area contributed by atoms with Crippen LogP contribution < -0.4 is 0 Å². The van der Waals surface area contributed by atoms with Crippen LogP contribution in [0.4, 0.5) is 5.69 Å². The maximum atomic E-state index is 12.5. The summed E-state index contributed by atoms with van der Waals surface area (Å²) in [6, 6.07) is 4.11. The van der Waals surface area contributed by atoms with Crippen molar-refractivity contribution < 1.29 is 9.72 Å². The lowest BCUT2D eigenvalue weighted by molar-refractivity contribution is -0.385. The number of nitro groups is 1. The molecular weight excluding hydrogens is 292 g/mol. The van der Waals surface area contributed by atoms with E-state index in [1.54, 1.807) is 4.90 Å². The summed E-state index contributed by atoms with van der Waals surface area (Å²) in [6.45, 7) is 3.48. The molecule has 0 aromatic heterocycles. The fraction of sp³-hybridized carbons (Fsp3) is 0.533. The fourth-order valence-electron chi connectivity index (χ4n) is 2.84. The first-order valence-corrected chi connectivity index (χ1v) is 7.64. The predicted molar refractivity (Wildman–Crippen MR) is 81.6 cm³/mol. The molecule has 1 heterocycles. The lowest BCUT2D eigenvalue weighted by atomic mass is 9.92. The molecule has 0 aliphatic carbocycles. The van der Waals surface area contributed by atoms with Crippen molar-refractivity contribution in [2.45, 2.75) is 32.6 Å². The number of amides is 1. The first-order valence-electron chi connectivity index (χ1n) is 7.26. The summed E-state index contributed by atoms with van der Waals surface area (Å²) in [4.78, 5) is 24.7. The molecule has 0 N–H and O–H groups in total. The van der Waals surface area contributed by atoms with E-state index in [2.05, 4.69) is 6.92 Å². The summed E-state index contributed by atoms with van der Waals surface area (Å²) in [6.07, 6.45) is 4.26. The Morgan fingerprint density at radius 2 is 2.10 bits per heavy atom. The first-order chi connectivity index (χ1) is 10.0. The smallest absolute Gasteiger partial charge is 0.282 e. The molecule has 0 saturated carbocycles. The predicted octanol–water partition coefficient (Wildman–Crippen LogP) is 3.90. The molecule has 1 fully saturated rings. The lowest BCUT2D eigenvalue weighted by Gasteiger charge is -2.31. The summed E-state index contributed by atoms with van der Waals surface area (Å²) >= 11 is 5.88. The van der Waals surface area contributed by atoms with Gasteiger partial charge < -0.3 is 4.90 Å². The quantitative estimate of drug-likeness (QED) is 0.626.